The van der Waals surface area contributed by atoms with Crippen LogP contribution in [0.5, 0.6) is 0 Å². The van der Waals surface area contributed by atoms with Crippen molar-refractivity contribution in [3.63, 3.8) is 0 Å². The summed E-state index contributed by atoms with van der Waals surface area (Å²) in [6, 6.07) is 9.39. The minimum Gasteiger partial charge on any atom is -0.309 e. The van der Waals surface area contributed by atoms with Crippen LogP contribution in [0.1, 0.15) is 17.7 Å². The van der Waals surface area contributed by atoms with Gasteiger partial charge in [0.1, 0.15) is 0 Å². The van der Waals surface area contributed by atoms with Crippen LogP contribution in [0.15, 0.2) is 42.7 Å². The average Bonchev–Trinajstić information content (AvgIpc) is 3.15. The minimum atomic E-state index is -0.0818. The molecule has 3 aromatic rings. The third kappa shape index (κ3) is 4.82. The van der Waals surface area contributed by atoms with Gasteiger partial charge in [0.2, 0.25) is 5.91 Å². The first kappa shape index (κ1) is 17.9. The summed E-state index contributed by atoms with van der Waals surface area (Å²) in [4.78, 5) is 12.1. The van der Waals surface area contributed by atoms with Crippen molar-refractivity contribution in [1.29, 1.82) is 0 Å². The van der Waals surface area contributed by atoms with Crippen LogP contribution in [0, 0.1) is 10.5 Å². The molecule has 1 amide bonds. The molecule has 0 fully saturated rings. The number of nitrogens with one attached hydrogen (secondary N) is 1. The Kier molecular flexibility index (Phi) is 5.74. The fraction of sp³-hybridized carbons (Fsp3) is 0.235. The summed E-state index contributed by atoms with van der Waals surface area (Å²) in [5, 5.41) is 12.2. The van der Waals surface area contributed by atoms with Gasteiger partial charge >= 0.3 is 0 Å². The van der Waals surface area contributed by atoms with Crippen molar-refractivity contribution >= 4 is 45.9 Å². The molecule has 0 spiro atoms. The summed E-state index contributed by atoms with van der Waals surface area (Å²) in [5.74, 6) is 0.465. The molecule has 0 saturated heterocycles. The van der Waals surface area contributed by atoms with Crippen LogP contribution >= 0.6 is 34.2 Å². The van der Waals surface area contributed by atoms with E-state index in [1.165, 1.54) is 0 Å². The molecule has 0 aliphatic rings. The Balaban J connectivity index is 1.53. The second kappa shape index (κ2) is 8.01. The number of aromatic nitrogens is 4. The highest BCUT2D eigenvalue weighted by Gasteiger charge is 2.08. The monoisotopic (exact) mass is 469 g/mol. The van der Waals surface area contributed by atoms with Crippen LogP contribution in [0.3, 0.4) is 0 Å². The maximum absolute atomic E-state index is 12.1. The molecule has 0 aliphatic heterocycles. The topological polar surface area (TPSA) is 64.7 Å². The largest absolute Gasteiger partial charge is 0.309 e. The minimum absolute atomic E-state index is 0.0818. The number of hydrogen-bond acceptors (Lipinski definition) is 3. The Hall–Kier alpha value is -1.87. The maximum atomic E-state index is 12.1. The quantitative estimate of drug-likeness (QED) is 0.560. The number of aryl methyl sites for hydroxylation is 1. The van der Waals surface area contributed by atoms with Crippen LogP contribution in [0.25, 0.3) is 0 Å². The number of anilines is 1. The molecule has 6 nitrogen and oxygen atoms in total. The summed E-state index contributed by atoms with van der Waals surface area (Å²) in [5.41, 5.74) is 2.16. The Morgan fingerprint density at radius 3 is 2.72 bits per heavy atom. The lowest BCUT2D eigenvalue weighted by Gasteiger charge is -2.05. The molecule has 0 radical (unpaired) electrons. The van der Waals surface area contributed by atoms with E-state index in [1.54, 1.807) is 16.9 Å². The lowest BCUT2D eigenvalue weighted by atomic mass is 10.2. The third-order valence-electron chi connectivity index (χ3n) is 3.76. The van der Waals surface area contributed by atoms with Crippen LogP contribution in [0.4, 0.5) is 5.82 Å². The predicted molar refractivity (Wildman–Crippen MR) is 106 cm³/mol. The Bertz CT molecular complexity index is 872. The van der Waals surface area contributed by atoms with E-state index < -0.39 is 0 Å². The van der Waals surface area contributed by atoms with Gasteiger partial charge in [-0.2, -0.15) is 10.2 Å². The molecule has 0 unspecified atom stereocenters. The number of amides is 1. The molecule has 130 valence electrons. The fourth-order valence-electron chi connectivity index (χ4n) is 2.36. The van der Waals surface area contributed by atoms with E-state index in [4.69, 9.17) is 11.6 Å². The summed E-state index contributed by atoms with van der Waals surface area (Å²) in [6.45, 7) is 3.16. The van der Waals surface area contributed by atoms with Gasteiger partial charge in [-0.15, -0.1) is 0 Å². The average molecular weight is 470 g/mol. The van der Waals surface area contributed by atoms with E-state index >= 15 is 0 Å². The molecular formula is C17H17ClIN5O. The zero-order chi connectivity index (χ0) is 17.8. The van der Waals surface area contributed by atoms with E-state index in [0.717, 1.165) is 14.8 Å². The number of carbonyl (C=O) groups is 1. The molecule has 0 atom stereocenters. The fourth-order valence-corrected chi connectivity index (χ4v) is 2.88. The van der Waals surface area contributed by atoms with Gasteiger partial charge in [-0.1, -0.05) is 23.7 Å². The molecule has 2 aromatic heterocycles. The van der Waals surface area contributed by atoms with Gasteiger partial charge in [0.25, 0.3) is 0 Å². The summed E-state index contributed by atoms with van der Waals surface area (Å²) < 4.78 is 4.71. The molecular weight excluding hydrogens is 453 g/mol. The van der Waals surface area contributed by atoms with Crippen LogP contribution < -0.4 is 5.32 Å². The van der Waals surface area contributed by atoms with Crippen molar-refractivity contribution in [3.8, 4) is 0 Å². The van der Waals surface area contributed by atoms with Gasteiger partial charge < -0.3 is 5.32 Å². The zero-order valence-corrected chi connectivity index (χ0v) is 16.5. The number of benzene rings is 1. The van der Waals surface area contributed by atoms with Gasteiger partial charge in [-0.3, -0.25) is 14.2 Å². The number of halogens is 2. The van der Waals surface area contributed by atoms with Crippen molar-refractivity contribution in [2.24, 2.45) is 0 Å². The van der Waals surface area contributed by atoms with E-state index in [1.807, 2.05) is 42.1 Å². The molecule has 0 saturated carbocycles. The molecule has 1 aromatic carbocycles. The van der Waals surface area contributed by atoms with Crippen LogP contribution in [-0.2, 0) is 17.9 Å². The molecule has 2 heterocycles. The Morgan fingerprint density at radius 2 is 2.04 bits per heavy atom. The first-order valence-corrected chi connectivity index (χ1v) is 9.22. The van der Waals surface area contributed by atoms with Crippen LogP contribution in [0.2, 0.25) is 5.02 Å². The van der Waals surface area contributed by atoms with Gasteiger partial charge in [0.15, 0.2) is 5.82 Å². The summed E-state index contributed by atoms with van der Waals surface area (Å²) in [6.07, 6.45) is 3.99. The zero-order valence-electron chi connectivity index (χ0n) is 13.6. The lowest BCUT2D eigenvalue weighted by Crippen LogP contribution is -2.16. The van der Waals surface area contributed by atoms with E-state index in [0.29, 0.717) is 30.4 Å². The molecule has 25 heavy (non-hydrogen) atoms. The van der Waals surface area contributed by atoms with Crippen molar-refractivity contribution in [1.82, 2.24) is 19.6 Å². The van der Waals surface area contributed by atoms with Crippen molar-refractivity contribution in [2.75, 3.05) is 5.32 Å². The predicted octanol–water partition coefficient (Wildman–Crippen LogP) is 3.72. The van der Waals surface area contributed by atoms with E-state index in [9.17, 15) is 4.79 Å². The second-order valence-electron chi connectivity index (χ2n) is 5.62. The highest BCUT2D eigenvalue weighted by Crippen LogP contribution is 2.12. The molecule has 8 heteroatoms. The summed E-state index contributed by atoms with van der Waals surface area (Å²) in [7, 11) is 0. The molecule has 1 N–H and O–H groups in total. The van der Waals surface area contributed by atoms with Gasteiger partial charge in [-0.25, -0.2) is 0 Å². The van der Waals surface area contributed by atoms with Gasteiger partial charge in [0, 0.05) is 29.4 Å². The highest BCUT2D eigenvalue weighted by atomic mass is 127. The van der Waals surface area contributed by atoms with E-state index in [-0.39, 0.29) is 5.91 Å². The molecule has 3 rings (SSSR count). The Morgan fingerprint density at radius 1 is 1.28 bits per heavy atom. The van der Waals surface area contributed by atoms with Gasteiger partial charge in [-0.05, 0) is 47.2 Å². The number of nitrogens with zero attached hydrogens (tertiary/aromatic N) is 4. The number of hydrogen-bond donors (Lipinski definition) is 1. The maximum Gasteiger partial charge on any atom is 0.227 e. The summed E-state index contributed by atoms with van der Waals surface area (Å²) >= 11 is 8.11. The SMILES string of the molecule is Cc1c(I)cnn1CCC(=O)Nc1ccn(Cc2ccc(Cl)cc2)n1. The van der Waals surface area contributed by atoms with E-state index in [2.05, 4.69) is 38.1 Å². The number of rotatable bonds is 6. The Labute approximate surface area is 164 Å². The first-order chi connectivity index (χ1) is 12.0. The smallest absolute Gasteiger partial charge is 0.227 e. The molecule has 0 aliphatic carbocycles. The standard InChI is InChI=1S/C17H17ClIN5O/c1-12-15(19)10-20-24(12)9-7-17(25)21-16-6-8-23(22-16)11-13-2-4-14(18)5-3-13/h2-6,8,10H,7,9,11H2,1H3,(H,21,22,25). The second-order valence-corrected chi connectivity index (χ2v) is 7.22. The van der Waals surface area contributed by atoms with Crippen molar-refractivity contribution < 1.29 is 4.79 Å². The third-order valence-corrected chi connectivity index (χ3v) is 5.07. The lowest BCUT2D eigenvalue weighted by molar-refractivity contribution is -0.116. The number of carbonyl (C=O) groups excluding carboxylic acids is 1. The van der Waals surface area contributed by atoms with Gasteiger partial charge in [0.05, 0.1) is 22.9 Å². The van der Waals surface area contributed by atoms with Crippen LogP contribution in [-0.4, -0.2) is 25.5 Å². The first-order valence-electron chi connectivity index (χ1n) is 7.77. The van der Waals surface area contributed by atoms with Crippen molar-refractivity contribution in [2.45, 2.75) is 26.4 Å². The normalized spacial score (nSPS) is 10.8. The molecule has 0 bridgehead atoms. The van der Waals surface area contributed by atoms with Crippen molar-refractivity contribution in [3.05, 3.63) is 62.6 Å². The highest BCUT2D eigenvalue weighted by molar-refractivity contribution is 14.1.